The van der Waals surface area contributed by atoms with Gasteiger partial charge in [-0.15, -0.1) is 0 Å². The van der Waals surface area contributed by atoms with Gasteiger partial charge in [0.25, 0.3) is 11.5 Å². The van der Waals surface area contributed by atoms with Gasteiger partial charge in [-0.05, 0) is 81.6 Å². The summed E-state index contributed by atoms with van der Waals surface area (Å²) in [5.74, 6) is 0.147. The summed E-state index contributed by atoms with van der Waals surface area (Å²) in [6.07, 6.45) is 5.97. The molecule has 0 saturated carbocycles. The normalized spacial score (nSPS) is 18.4. The smallest absolute Gasteiger partial charge is 0.260 e. The number of rotatable bonds is 7. The molecule has 38 heavy (non-hydrogen) atoms. The molecule has 0 unspecified atom stereocenters. The van der Waals surface area contributed by atoms with Crippen LogP contribution >= 0.6 is 34.8 Å². The zero-order valence-corrected chi connectivity index (χ0v) is 23.2. The van der Waals surface area contributed by atoms with Gasteiger partial charge in [-0.25, -0.2) is 0 Å². The first-order chi connectivity index (χ1) is 18.4. The van der Waals surface area contributed by atoms with E-state index in [4.69, 9.17) is 39.5 Å². The molecule has 5 rings (SSSR count). The molecule has 0 bridgehead atoms. The fraction of sp³-hybridized carbons (Fsp3) is 0.429. The number of hydrogen-bond donors (Lipinski definition) is 4. The quantitative estimate of drug-likeness (QED) is 0.295. The Bertz CT molecular complexity index is 1380. The maximum Gasteiger partial charge on any atom is 0.260 e. The number of carbonyl (C=O) groups is 1. The number of pyridine rings is 1. The van der Waals surface area contributed by atoms with Gasteiger partial charge in [0.05, 0.1) is 38.3 Å². The number of fused-ring (bicyclic) bond motifs is 1. The van der Waals surface area contributed by atoms with Crippen molar-refractivity contribution < 1.29 is 9.53 Å². The molecule has 2 aliphatic rings. The van der Waals surface area contributed by atoms with Crippen LogP contribution in [-0.4, -0.2) is 49.2 Å². The second kappa shape index (κ2) is 12.3. The molecule has 2 fully saturated rings. The number of nitrogens with one attached hydrogen (secondary N) is 4. The topological polar surface area (TPSA) is 95.2 Å². The Labute approximate surface area is 236 Å². The molecular formula is C28H31Cl3N4O3. The van der Waals surface area contributed by atoms with Crippen molar-refractivity contribution in [1.82, 2.24) is 20.9 Å². The van der Waals surface area contributed by atoms with Crippen LogP contribution in [0.25, 0.3) is 22.0 Å². The predicted molar refractivity (Wildman–Crippen MR) is 154 cm³/mol. The van der Waals surface area contributed by atoms with E-state index in [1.807, 2.05) is 0 Å². The van der Waals surface area contributed by atoms with E-state index in [0.717, 1.165) is 45.3 Å². The van der Waals surface area contributed by atoms with Crippen LogP contribution in [0, 0.1) is 0 Å². The molecule has 202 valence electrons. The molecule has 2 aromatic carbocycles. The van der Waals surface area contributed by atoms with Gasteiger partial charge in [0, 0.05) is 17.5 Å². The maximum absolute atomic E-state index is 13.4. The summed E-state index contributed by atoms with van der Waals surface area (Å²) in [5.41, 5.74) is 1.39. The van der Waals surface area contributed by atoms with Gasteiger partial charge >= 0.3 is 0 Å². The molecular weight excluding hydrogens is 547 g/mol. The van der Waals surface area contributed by atoms with Crippen LogP contribution in [0.2, 0.25) is 15.1 Å². The molecule has 7 nitrogen and oxygen atoms in total. The fourth-order valence-electron chi connectivity index (χ4n) is 5.23. The Morgan fingerprint density at radius 3 is 2.53 bits per heavy atom. The SMILES string of the molecule is O=C(NC1CCNCC1)c1cc2c(OCC[C@@H]3CCCCN3)c(-c3ccc(Cl)c(Cl)c3)c(=O)[nH]c2cc1Cl. The number of halogens is 3. The lowest BCUT2D eigenvalue weighted by Gasteiger charge is -2.24. The summed E-state index contributed by atoms with van der Waals surface area (Å²) in [7, 11) is 0. The predicted octanol–water partition coefficient (Wildman–Crippen LogP) is 5.55. The number of aromatic amines is 1. The van der Waals surface area contributed by atoms with Crippen LogP contribution in [0.1, 0.15) is 48.9 Å². The number of carbonyl (C=O) groups excluding carboxylic acids is 1. The van der Waals surface area contributed by atoms with E-state index in [0.29, 0.717) is 56.0 Å². The van der Waals surface area contributed by atoms with E-state index in [2.05, 4.69) is 20.9 Å². The minimum atomic E-state index is -0.343. The van der Waals surface area contributed by atoms with Crippen molar-refractivity contribution >= 4 is 51.6 Å². The molecule has 0 aliphatic carbocycles. The van der Waals surface area contributed by atoms with E-state index in [9.17, 15) is 9.59 Å². The second-order valence-electron chi connectivity index (χ2n) is 9.95. The molecule has 0 radical (unpaired) electrons. The molecule has 2 saturated heterocycles. The van der Waals surface area contributed by atoms with Crippen molar-refractivity contribution in [3.05, 3.63) is 61.3 Å². The molecule has 0 spiro atoms. The van der Waals surface area contributed by atoms with Crippen molar-refractivity contribution in [3.8, 4) is 16.9 Å². The van der Waals surface area contributed by atoms with Crippen LogP contribution in [-0.2, 0) is 0 Å². The first kappa shape index (κ1) is 27.3. The number of aromatic nitrogens is 1. The first-order valence-corrected chi connectivity index (χ1v) is 14.3. The van der Waals surface area contributed by atoms with Crippen LogP contribution in [0.4, 0.5) is 0 Å². The lowest BCUT2D eigenvalue weighted by atomic mass is 10.0. The summed E-state index contributed by atoms with van der Waals surface area (Å²) in [4.78, 5) is 29.5. The lowest BCUT2D eigenvalue weighted by Crippen LogP contribution is -2.42. The second-order valence-corrected chi connectivity index (χ2v) is 11.2. The Hall–Kier alpha value is -2.29. The average Bonchev–Trinajstić information content (AvgIpc) is 2.91. The third-order valence-electron chi connectivity index (χ3n) is 7.31. The van der Waals surface area contributed by atoms with Crippen LogP contribution in [0.15, 0.2) is 35.1 Å². The molecule has 2 aliphatic heterocycles. The van der Waals surface area contributed by atoms with E-state index in [-0.39, 0.29) is 22.5 Å². The van der Waals surface area contributed by atoms with Gasteiger partial charge in [0.15, 0.2) is 0 Å². The van der Waals surface area contributed by atoms with Gasteiger partial charge in [-0.2, -0.15) is 0 Å². The Morgan fingerprint density at radius 1 is 0.974 bits per heavy atom. The molecule has 3 aromatic rings. The molecule has 10 heteroatoms. The number of benzene rings is 2. The zero-order chi connectivity index (χ0) is 26.6. The van der Waals surface area contributed by atoms with Crippen molar-refractivity contribution in [2.45, 2.75) is 50.6 Å². The summed E-state index contributed by atoms with van der Waals surface area (Å²) in [5, 5.41) is 11.5. The van der Waals surface area contributed by atoms with Gasteiger partial charge in [-0.1, -0.05) is 47.3 Å². The number of piperidine rings is 2. The van der Waals surface area contributed by atoms with E-state index < -0.39 is 0 Å². The summed E-state index contributed by atoms with van der Waals surface area (Å²) >= 11 is 19.0. The zero-order valence-electron chi connectivity index (χ0n) is 21.0. The Balaban J connectivity index is 1.55. The van der Waals surface area contributed by atoms with Gasteiger partial charge in [0.2, 0.25) is 0 Å². The van der Waals surface area contributed by atoms with Gasteiger partial charge < -0.3 is 25.7 Å². The van der Waals surface area contributed by atoms with Crippen molar-refractivity contribution in [1.29, 1.82) is 0 Å². The highest BCUT2D eigenvalue weighted by atomic mass is 35.5. The monoisotopic (exact) mass is 576 g/mol. The first-order valence-electron chi connectivity index (χ1n) is 13.1. The average molecular weight is 578 g/mol. The standard InChI is InChI=1S/C28H31Cl3N4O3/c29-21-5-4-16(13-23(21)31)25-26(38-12-8-17-3-1-2-9-33-17)20-14-19(22(30)15-24(20)35-28(25)37)27(36)34-18-6-10-32-11-7-18/h4-5,13-15,17-18,32-33H,1-3,6-12H2,(H,34,36)(H,35,37)/t17-/m0/s1. The molecule has 1 aromatic heterocycles. The van der Waals surface area contributed by atoms with Crippen molar-refractivity contribution in [3.63, 3.8) is 0 Å². The Morgan fingerprint density at radius 2 is 1.79 bits per heavy atom. The lowest BCUT2D eigenvalue weighted by molar-refractivity contribution is 0.0930. The molecule has 1 atom stereocenters. The maximum atomic E-state index is 13.4. The number of hydrogen-bond acceptors (Lipinski definition) is 5. The number of amides is 1. The fourth-order valence-corrected chi connectivity index (χ4v) is 5.78. The largest absolute Gasteiger partial charge is 0.492 e. The molecule has 1 amide bonds. The summed E-state index contributed by atoms with van der Waals surface area (Å²) < 4.78 is 6.36. The highest BCUT2D eigenvalue weighted by Crippen LogP contribution is 2.38. The number of H-pyrrole nitrogens is 1. The number of ether oxygens (including phenoxy) is 1. The summed E-state index contributed by atoms with van der Waals surface area (Å²) in [6, 6.07) is 8.81. The van der Waals surface area contributed by atoms with Gasteiger partial charge in [0.1, 0.15) is 5.75 Å². The van der Waals surface area contributed by atoms with E-state index in [1.165, 1.54) is 12.8 Å². The van der Waals surface area contributed by atoms with E-state index >= 15 is 0 Å². The van der Waals surface area contributed by atoms with Crippen molar-refractivity contribution in [2.24, 2.45) is 0 Å². The minimum absolute atomic E-state index is 0.0802. The van der Waals surface area contributed by atoms with Crippen LogP contribution in [0.5, 0.6) is 5.75 Å². The van der Waals surface area contributed by atoms with E-state index in [1.54, 1.807) is 30.3 Å². The van der Waals surface area contributed by atoms with Crippen LogP contribution < -0.4 is 26.2 Å². The highest BCUT2D eigenvalue weighted by Gasteiger charge is 2.23. The van der Waals surface area contributed by atoms with Crippen molar-refractivity contribution in [2.75, 3.05) is 26.2 Å². The highest BCUT2D eigenvalue weighted by molar-refractivity contribution is 6.42. The Kier molecular flexibility index (Phi) is 8.81. The molecule has 4 N–H and O–H groups in total. The minimum Gasteiger partial charge on any atom is -0.492 e. The third-order valence-corrected chi connectivity index (χ3v) is 8.36. The van der Waals surface area contributed by atoms with Crippen LogP contribution in [0.3, 0.4) is 0 Å². The summed E-state index contributed by atoms with van der Waals surface area (Å²) in [6.45, 7) is 3.13. The molecule has 3 heterocycles. The van der Waals surface area contributed by atoms with Gasteiger partial charge in [-0.3, -0.25) is 9.59 Å². The third kappa shape index (κ3) is 6.13.